The van der Waals surface area contributed by atoms with Crippen molar-refractivity contribution in [3.63, 3.8) is 0 Å². The van der Waals surface area contributed by atoms with Crippen LogP contribution in [0.25, 0.3) is 0 Å². The zero-order valence-electron chi connectivity index (χ0n) is 11.3. The van der Waals surface area contributed by atoms with Gasteiger partial charge < -0.3 is 5.11 Å². The lowest BCUT2D eigenvalue weighted by molar-refractivity contribution is -0.139. The third-order valence-corrected chi connectivity index (χ3v) is 4.14. The lowest BCUT2D eigenvalue weighted by atomic mass is 10.0. The second kappa shape index (κ2) is 5.71. The lowest BCUT2D eigenvalue weighted by Gasteiger charge is -2.21. The fraction of sp³-hybridized carbons (Fsp3) is 0.462. The van der Waals surface area contributed by atoms with Gasteiger partial charge in [0.25, 0.3) is 0 Å². The van der Waals surface area contributed by atoms with Crippen LogP contribution in [-0.2, 0) is 14.8 Å². The summed E-state index contributed by atoms with van der Waals surface area (Å²) in [4.78, 5) is 11.2. The van der Waals surface area contributed by atoms with E-state index < -0.39 is 27.4 Å². The molecule has 1 aromatic rings. The maximum Gasteiger partial charge on any atom is 0.326 e. The summed E-state index contributed by atoms with van der Waals surface area (Å²) in [6.45, 7) is 5.35. The lowest BCUT2D eigenvalue weighted by Crippen LogP contribution is -2.38. The topological polar surface area (TPSA) is 83.5 Å². The number of carbonyl (C=O) groups is 1. The van der Waals surface area contributed by atoms with Crippen LogP contribution in [0.3, 0.4) is 0 Å². The highest BCUT2D eigenvalue weighted by Gasteiger charge is 2.28. The summed E-state index contributed by atoms with van der Waals surface area (Å²) >= 11 is 0. The molecule has 0 bridgehead atoms. The van der Waals surface area contributed by atoms with Crippen molar-refractivity contribution < 1.29 is 18.3 Å². The van der Waals surface area contributed by atoms with Gasteiger partial charge in [-0.15, -0.1) is 0 Å². The van der Waals surface area contributed by atoms with E-state index in [9.17, 15) is 13.2 Å². The van der Waals surface area contributed by atoms with E-state index in [0.717, 1.165) is 0 Å². The van der Waals surface area contributed by atoms with Crippen LogP contribution in [0.4, 0.5) is 0 Å². The van der Waals surface area contributed by atoms with Gasteiger partial charge in [-0.1, -0.05) is 51.1 Å². The largest absolute Gasteiger partial charge is 0.480 e. The average Bonchev–Trinajstić information content (AvgIpc) is 2.23. The van der Waals surface area contributed by atoms with Crippen molar-refractivity contribution in [3.8, 4) is 0 Å². The molecule has 0 unspecified atom stereocenters. The molecule has 0 fully saturated rings. The molecule has 1 rings (SSSR count). The number of sulfonamides is 1. The molecule has 0 heterocycles. The molecule has 0 aliphatic heterocycles. The van der Waals surface area contributed by atoms with E-state index in [-0.39, 0.29) is 5.75 Å². The Hall–Kier alpha value is -1.40. The molecular formula is C13H19NO4S. The maximum absolute atomic E-state index is 12.0. The minimum atomic E-state index is -3.66. The summed E-state index contributed by atoms with van der Waals surface area (Å²) in [5.41, 5.74) is -0.0292. The number of hydrogen-bond donors (Lipinski definition) is 2. The highest BCUT2D eigenvalue weighted by Crippen LogP contribution is 2.19. The first-order valence-corrected chi connectivity index (χ1v) is 7.54. The van der Waals surface area contributed by atoms with E-state index in [1.807, 2.05) is 0 Å². The summed E-state index contributed by atoms with van der Waals surface area (Å²) in [6, 6.07) is 6.99. The van der Waals surface area contributed by atoms with E-state index in [2.05, 4.69) is 4.72 Å². The van der Waals surface area contributed by atoms with Gasteiger partial charge in [0.05, 0.1) is 5.75 Å². The van der Waals surface area contributed by atoms with Crippen LogP contribution < -0.4 is 4.72 Å². The van der Waals surface area contributed by atoms with E-state index in [1.54, 1.807) is 51.1 Å². The molecule has 0 aromatic heterocycles. The molecular weight excluding hydrogens is 266 g/mol. The third kappa shape index (κ3) is 5.40. The Morgan fingerprint density at radius 2 is 1.79 bits per heavy atom. The first-order chi connectivity index (χ1) is 8.61. The van der Waals surface area contributed by atoms with Crippen molar-refractivity contribution in [1.29, 1.82) is 0 Å². The zero-order chi connectivity index (χ0) is 14.7. The first-order valence-electron chi connectivity index (χ1n) is 5.88. The highest BCUT2D eigenvalue weighted by molar-refractivity contribution is 7.89. The minimum Gasteiger partial charge on any atom is -0.480 e. The molecule has 0 saturated heterocycles. The quantitative estimate of drug-likeness (QED) is 0.863. The number of hydrogen-bond acceptors (Lipinski definition) is 3. The Balaban J connectivity index is 2.96. The molecule has 19 heavy (non-hydrogen) atoms. The van der Waals surface area contributed by atoms with E-state index in [1.165, 1.54) is 0 Å². The summed E-state index contributed by atoms with van der Waals surface area (Å²) < 4.78 is 26.2. The summed E-state index contributed by atoms with van der Waals surface area (Å²) in [5, 5.41) is 9.16. The van der Waals surface area contributed by atoms with Gasteiger partial charge in [0.2, 0.25) is 10.0 Å². The molecule has 1 atom stereocenters. The molecule has 5 nitrogen and oxygen atoms in total. The van der Waals surface area contributed by atoms with Gasteiger partial charge in [-0.3, -0.25) is 4.79 Å². The SMILES string of the molecule is CC(C)(C)CS(=O)(=O)N[C@H](C(=O)O)c1ccccc1. The molecule has 0 spiro atoms. The predicted octanol–water partition coefficient (Wildman–Crippen LogP) is 1.78. The van der Waals surface area contributed by atoms with E-state index in [4.69, 9.17) is 5.11 Å². The first kappa shape index (κ1) is 15.7. The normalized spacial score (nSPS) is 14.1. The van der Waals surface area contributed by atoms with Crippen molar-refractivity contribution in [2.24, 2.45) is 5.41 Å². The number of carboxylic acids is 1. The van der Waals surface area contributed by atoms with Crippen molar-refractivity contribution in [2.75, 3.05) is 5.75 Å². The number of carboxylic acid groups (broad SMARTS) is 1. The van der Waals surface area contributed by atoms with Gasteiger partial charge in [-0.05, 0) is 11.0 Å². The Labute approximate surface area is 113 Å². The molecule has 0 aliphatic rings. The van der Waals surface area contributed by atoms with Crippen molar-refractivity contribution in [2.45, 2.75) is 26.8 Å². The number of nitrogens with one attached hydrogen (secondary N) is 1. The van der Waals surface area contributed by atoms with Gasteiger partial charge in [0, 0.05) is 0 Å². The number of benzene rings is 1. The molecule has 0 amide bonds. The molecule has 0 saturated carbocycles. The van der Waals surface area contributed by atoms with Gasteiger partial charge in [0.1, 0.15) is 6.04 Å². The molecule has 6 heteroatoms. The number of rotatable bonds is 5. The van der Waals surface area contributed by atoms with Crippen molar-refractivity contribution >= 4 is 16.0 Å². The molecule has 0 radical (unpaired) electrons. The standard InChI is InChI=1S/C13H19NO4S/c1-13(2,3)9-19(17,18)14-11(12(15)16)10-7-5-4-6-8-10/h4-8,11,14H,9H2,1-3H3,(H,15,16)/t11-/m0/s1. The zero-order valence-corrected chi connectivity index (χ0v) is 12.1. The van der Waals surface area contributed by atoms with Crippen molar-refractivity contribution in [1.82, 2.24) is 4.72 Å². The monoisotopic (exact) mass is 285 g/mol. The van der Waals surface area contributed by atoms with Gasteiger partial charge >= 0.3 is 5.97 Å². The predicted molar refractivity (Wildman–Crippen MR) is 73.2 cm³/mol. The van der Waals surface area contributed by atoms with Crippen LogP contribution in [0, 0.1) is 5.41 Å². The van der Waals surface area contributed by atoms with Crippen molar-refractivity contribution in [3.05, 3.63) is 35.9 Å². The highest BCUT2D eigenvalue weighted by atomic mass is 32.2. The molecule has 106 valence electrons. The summed E-state index contributed by atoms with van der Waals surface area (Å²) in [6.07, 6.45) is 0. The molecule has 0 aliphatic carbocycles. The van der Waals surface area contributed by atoms with Gasteiger partial charge in [-0.25, -0.2) is 8.42 Å². The Kier molecular flexibility index (Phi) is 4.70. The maximum atomic E-state index is 12.0. The van der Waals surface area contributed by atoms with Gasteiger partial charge in [-0.2, -0.15) is 4.72 Å². The fourth-order valence-corrected chi connectivity index (χ4v) is 3.52. The van der Waals surface area contributed by atoms with Gasteiger partial charge in [0.15, 0.2) is 0 Å². The third-order valence-electron chi connectivity index (χ3n) is 2.30. The molecule has 2 N–H and O–H groups in total. The van der Waals surface area contributed by atoms with Crippen LogP contribution in [0.15, 0.2) is 30.3 Å². The average molecular weight is 285 g/mol. The molecule has 1 aromatic carbocycles. The van der Waals surface area contributed by atoms with E-state index in [0.29, 0.717) is 5.56 Å². The fourth-order valence-electron chi connectivity index (χ4n) is 1.70. The minimum absolute atomic E-state index is 0.128. The van der Waals surface area contributed by atoms with Crippen LogP contribution in [0.5, 0.6) is 0 Å². The van der Waals surface area contributed by atoms with E-state index >= 15 is 0 Å². The van der Waals surface area contributed by atoms with Crippen LogP contribution in [0.2, 0.25) is 0 Å². The van der Waals surface area contributed by atoms with Crippen LogP contribution in [0.1, 0.15) is 32.4 Å². The number of aliphatic carboxylic acids is 1. The smallest absolute Gasteiger partial charge is 0.326 e. The Morgan fingerprint density at radius 1 is 1.26 bits per heavy atom. The Morgan fingerprint density at radius 3 is 2.21 bits per heavy atom. The second-order valence-corrected chi connectivity index (χ2v) is 7.37. The van der Waals surface area contributed by atoms with Crippen LogP contribution >= 0.6 is 0 Å². The van der Waals surface area contributed by atoms with Crippen LogP contribution in [-0.4, -0.2) is 25.2 Å². The summed E-state index contributed by atoms with van der Waals surface area (Å²) in [7, 11) is -3.66. The summed E-state index contributed by atoms with van der Waals surface area (Å²) in [5.74, 6) is -1.35. The Bertz CT molecular complexity index is 532. The second-order valence-electron chi connectivity index (χ2n) is 5.62.